The number of hydrogen-bond acceptors (Lipinski definition) is 3. The molecule has 0 aliphatic carbocycles. The van der Waals surface area contributed by atoms with Crippen LogP contribution >= 0.6 is 0 Å². The van der Waals surface area contributed by atoms with E-state index in [1.54, 1.807) is 0 Å². The first-order valence-corrected chi connectivity index (χ1v) is 2.68. The van der Waals surface area contributed by atoms with Crippen molar-refractivity contribution in [2.45, 2.75) is 18.9 Å². The molecule has 0 saturated carbocycles. The quantitative estimate of drug-likeness (QED) is 0.526. The Bertz CT molecular complexity index is 101. The number of nitrogens with zero attached hydrogens (tertiary/aromatic N) is 1. The molecule has 1 atom stereocenters. The van der Waals surface area contributed by atoms with Crippen LogP contribution in [-0.4, -0.2) is 12.6 Å². The lowest BCUT2D eigenvalue weighted by Crippen LogP contribution is -2.18. The third-order valence-corrected chi connectivity index (χ3v) is 1.16. The summed E-state index contributed by atoms with van der Waals surface area (Å²) in [4.78, 5) is 4.81. The normalized spacial score (nSPS) is 27.6. The van der Waals surface area contributed by atoms with Crippen LogP contribution in [0.5, 0.6) is 0 Å². The summed E-state index contributed by atoms with van der Waals surface area (Å²) in [5.74, 6) is 0. The fraction of sp³-hybridized carbons (Fsp3) is 0.800. The van der Waals surface area contributed by atoms with E-state index in [4.69, 9.17) is 10.1 Å². The largest absolute Gasteiger partial charge is 0.301 e. The molecule has 1 fully saturated rings. The van der Waals surface area contributed by atoms with Gasteiger partial charge in [0.2, 0.25) is 0 Å². The van der Waals surface area contributed by atoms with E-state index in [2.05, 4.69) is 11.5 Å². The molecule has 8 heavy (non-hydrogen) atoms. The standard InChI is InChI=1S/C5H8N2O/c6-3-1-5-2-4-8-7-5/h5,7H,1-2,4H2. The van der Waals surface area contributed by atoms with Crippen LogP contribution < -0.4 is 5.48 Å². The van der Waals surface area contributed by atoms with E-state index in [9.17, 15) is 0 Å². The van der Waals surface area contributed by atoms with Crippen LogP contribution in [0, 0.1) is 11.3 Å². The van der Waals surface area contributed by atoms with Gasteiger partial charge in [0, 0.05) is 6.04 Å². The molecule has 1 aliphatic heterocycles. The van der Waals surface area contributed by atoms with Crippen molar-refractivity contribution in [2.24, 2.45) is 0 Å². The van der Waals surface area contributed by atoms with Gasteiger partial charge in [0.15, 0.2) is 0 Å². The van der Waals surface area contributed by atoms with Gasteiger partial charge < -0.3 is 4.84 Å². The van der Waals surface area contributed by atoms with Gasteiger partial charge in [0.25, 0.3) is 0 Å². The summed E-state index contributed by atoms with van der Waals surface area (Å²) >= 11 is 0. The highest BCUT2D eigenvalue weighted by atomic mass is 16.7. The van der Waals surface area contributed by atoms with Crippen LogP contribution in [0.3, 0.4) is 0 Å². The number of rotatable bonds is 1. The van der Waals surface area contributed by atoms with E-state index >= 15 is 0 Å². The molecule has 1 heterocycles. The monoisotopic (exact) mass is 112 g/mol. The molecule has 0 radical (unpaired) electrons. The highest BCUT2D eigenvalue weighted by Gasteiger charge is 2.13. The first-order chi connectivity index (χ1) is 3.93. The average Bonchev–Trinajstić information content (AvgIpc) is 2.19. The zero-order chi connectivity index (χ0) is 5.82. The van der Waals surface area contributed by atoms with Crippen molar-refractivity contribution in [3.05, 3.63) is 0 Å². The van der Waals surface area contributed by atoms with Crippen molar-refractivity contribution < 1.29 is 4.84 Å². The maximum atomic E-state index is 8.18. The highest BCUT2D eigenvalue weighted by Crippen LogP contribution is 2.02. The maximum absolute atomic E-state index is 8.18. The molecule has 0 aromatic heterocycles. The lowest BCUT2D eigenvalue weighted by Gasteiger charge is -1.98. The Kier molecular flexibility index (Phi) is 1.84. The van der Waals surface area contributed by atoms with Crippen LogP contribution in [0.4, 0.5) is 0 Å². The van der Waals surface area contributed by atoms with Crippen molar-refractivity contribution in [3.63, 3.8) is 0 Å². The van der Waals surface area contributed by atoms with Crippen LogP contribution in [-0.2, 0) is 4.84 Å². The smallest absolute Gasteiger partial charge is 0.0698 e. The molecule has 1 rings (SSSR count). The van der Waals surface area contributed by atoms with Gasteiger partial charge in [0.1, 0.15) is 0 Å². The summed E-state index contributed by atoms with van der Waals surface area (Å²) in [6.45, 7) is 0.742. The van der Waals surface area contributed by atoms with Gasteiger partial charge in [-0.1, -0.05) is 0 Å². The van der Waals surface area contributed by atoms with Gasteiger partial charge in [-0.2, -0.15) is 10.7 Å². The molecular weight excluding hydrogens is 104 g/mol. The van der Waals surface area contributed by atoms with Crippen LogP contribution in [0.25, 0.3) is 0 Å². The fourth-order valence-corrected chi connectivity index (χ4v) is 0.691. The predicted octanol–water partition coefficient (Wildman–Crippen LogP) is 0.194. The zero-order valence-electron chi connectivity index (χ0n) is 4.55. The molecule has 44 valence electrons. The van der Waals surface area contributed by atoms with Gasteiger partial charge >= 0.3 is 0 Å². The van der Waals surface area contributed by atoms with E-state index in [0.717, 1.165) is 13.0 Å². The Labute approximate surface area is 48.2 Å². The Balaban J connectivity index is 2.17. The lowest BCUT2D eigenvalue weighted by molar-refractivity contribution is 0.0889. The van der Waals surface area contributed by atoms with Crippen molar-refractivity contribution >= 4 is 0 Å². The summed E-state index contributed by atoms with van der Waals surface area (Å²) in [7, 11) is 0. The van der Waals surface area contributed by atoms with Crippen LogP contribution in [0.1, 0.15) is 12.8 Å². The molecule has 1 aliphatic rings. The lowest BCUT2D eigenvalue weighted by atomic mass is 10.2. The molecule has 0 amide bonds. The summed E-state index contributed by atoms with van der Waals surface area (Å²) in [5, 5.41) is 8.18. The topological polar surface area (TPSA) is 45.0 Å². The molecule has 1 unspecified atom stereocenters. The minimum Gasteiger partial charge on any atom is -0.301 e. The second-order valence-corrected chi connectivity index (χ2v) is 1.81. The third-order valence-electron chi connectivity index (χ3n) is 1.16. The molecule has 1 N–H and O–H groups in total. The fourth-order valence-electron chi connectivity index (χ4n) is 0.691. The summed E-state index contributed by atoms with van der Waals surface area (Å²) < 4.78 is 0. The Hall–Kier alpha value is -0.590. The second-order valence-electron chi connectivity index (χ2n) is 1.81. The third kappa shape index (κ3) is 1.19. The minimum absolute atomic E-state index is 0.278. The van der Waals surface area contributed by atoms with Gasteiger partial charge in [-0.3, -0.25) is 0 Å². The molecule has 0 spiro atoms. The Morgan fingerprint density at radius 2 is 2.75 bits per heavy atom. The minimum atomic E-state index is 0.278. The summed E-state index contributed by atoms with van der Waals surface area (Å²) in [6.07, 6.45) is 1.52. The molecule has 0 aromatic carbocycles. The van der Waals surface area contributed by atoms with Gasteiger partial charge in [-0.05, 0) is 6.42 Å². The maximum Gasteiger partial charge on any atom is 0.0698 e. The van der Waals surface area contributed by atoms with Crippen molar-refractivity contribution in [1.82, 2.24) is 5.48 Å². The highest BCUT2D eigenvalue weighted by molar-refractivity contribution is 4.80. The van der Waals surface area contributed by atoms with E-state index < -0.39 is 0 Å². The summed E-state index contributed by atoms with van der Waals surface area (Å²) in [6, 6.07) is 2.34. The Morgan fingerprint density at radius 3 is 3.25 bits per heavy atom. The first kappa shape index (κ1) is 5.54. The van der Waals surface area contributed by atoms with Crippen molar-refractivity contribution in [1.29, 1.82) is 5.26 Å². The molecule has 0 bridgehead atoms. The first-order valence-electron chi connectivity index (χ1n) is 2.68. The molecule has 3 heteroatoms. The van der Waals surface area contributed by atoms with Gasteiger partial charge in [-0.25, -0.2) is 0 Å². The SMILES string of the molecule is N#CCC1CCON1. The van der Waals surface area contributed by atoms with Crippen molar-refractivity contribution in [3.8, 4) is 6.07 Å². The number of hydroxylamine groups is 1. The summed E-state index contributed by atoms with van der Waals surface area (Å²) in [5.41, 5.74) is 2.74. The zero-order valence-corrected chi connectivity index (χ0v) is 4.55. The number of nitrogens with one attached hydrogen (secondary N) is 1. The molecular formula is C5H8N2O. The average molecular weight is 112 g/mol. The Morgan fingerprint density at radius 1 is 1.88 bits per heavy atom. The molecule has 0 aromatic rings. The van der Waals surface area contributed by atoms with Crippen LogP contribution in [0.2, 0.25) is 0 Å². The van der Waals surface area contributed by atoms with E-state index in [1.807, 2.05) is 0 Å². The van der Waals surface area contributed by atoms with E-state index in [1.165, 1.54) is 0 Å². The van der Waals surface area contributed by atoms with E-state index in [0.29, 0.717) is 6.42 Å². The van der Waals surface area contributed by atoms with Crippen molar-refractivity contribution in [2.75, 3.05) is 6.61 Å². The predicted molar refractivity (Wildman–Crippen MR) is 27.7 cm³/mol. The number of hydrogen-bond donors (Lipinski definition) is 1. The molecule has 1 saturated heterocycles. The van der Waals surface area contributed by atoms with Crippen LogP contribution in [0.15, 0.2) is 0 Å². The second kappa shape index (κ2) is 2.65. The number of nitriles is 1. The van der Waals surface area contributed by atoms with Gasteiger partial charge in [-0.15, -0.1) is 0 Å². The molecule has 3 nitrogen and oxygen atoms in total. The van der Waals surface area contributed by atoms with E-state index in [-0.39, 0.29) is 6.04 Å². The van der Waals surface area contributed by atoms with Gasteiger partial charge in [0.05, 0.1) is 19.1 Å².